The van der Waals surface area contributed by atoms with Crippen LogP contribution in [0.15, 0.2) is 66.1 Å². The van der Waals surface area contributed by atoms with Crippen molar-refractivity contribution in [3.05, 3.63) is 99.5 Å². The van der Waals surface area contributed by atoms with Crippen LogP contribution in [0.4, 0.5) is 0 Å². The van der Waals surface area contributed by atoms with Crippen LogP contribution in [0.25, 0.3) is 5.57 Å². The molecule has 448 valence electrons. The van der Waals surface area contributed by atoms with Gasteiger partial charge in [-0.15, -0.1) is 11.6 Å². The summed E-state index contributed by atoms with van der Waals surface area (Å²) in [6.07, 6.45) is 11.8. The summed E-state index contributed by atoms with van der Waals surface area (Å²) >= 11 is 6.87. The molecule has 0 aromatic heterocycles. The molecule has 19 nitrogen and oxygen atoms in total. The van der Waals surface area contributed by atoms with Gasteiger partial charge in [-0.2, -0.15) is 4.89 Å². The van der Waals surface area contributed by atoms with Crippen LogP contribution < -0.4 is 28.4 Å². The molecule has 3 N–H and O–H groups in total. The highest BCUT2D eigenvalue weighted by molar-refractivity contribution is 6.23. The van der Waals surface area contributed by atoms with Crippen molar-refractivity contribution in [1.29, 1.82) is 0 Å². The number of aliphatic hydroxyl groups excluding tert-OH is 2. The lowest BCUT2D eigenvalue weighted by Gasteiger charge is -2.45. The lowest BCUT2D eigenvalue weighted by atomic mass is 9.77. The van der Waals surface area contributed by atoms with E-state index in [4.69, 9.17) is 59.0 Å². The lowest BCUT2D eigenvalue weighted by Crippen LogP contribution is -2.59. The van der Waals surface area contributed by atoms with Gasteiger partial charge in [0, 0.05) is 38.6 Å². The Labute approximate surface area is 489 Å². The van der Waals surface area contributed by atoms with E-state index in [0.29, 0.717) is 12.5 Å². The maximum Gasteiger partial charge on any atom is 0.345 e. The molecule has 0 bridgehead atoms. The predicted molar refractivity (Wildman–Crippen MR) is 303 cm³/mol. The zero-order valence-corrected chi connectivity index (χ0v) is 49.1. The van der Waals surface area contributed by atoms with Gasteiger partial charge in [-0.3, -0.25) is 19.6 Å². The number of allylic oxidation sites excluding steroid dienone is 1. The van der Waals surface area contributed by atoms with E-state index in [1.165, 1.54) is 41.3 Å². The van der Waals surface area contributed by atoms with Crippen LogP contribution in [0.3, 0.4) is 0 Å². The van der Waals surface area contributed by atoms with E-state index in [0.717, 1.165) is 142 Å². The summed E-state index contributed by atoms with van der Waals surface area (Å²) in [7, 11) is 6.27. The van der Waals surface area contributed by atoms with Gasteiger partial charge in [-0.05, 0) is 183 Å². The summed E-state index contributed by atoms with van der Waals surface area (Å²) in [6.45, 7) is 10.5. The molecule has 15 rings (SSSR count). The fourth-order valence-electron chi connectivity index (χ4n) is 16.7. The van der Waals surface area contributed by atoms with Crippen molar-refractivity contribution in [2.24, 2.45) is 5.92 Å². The molecular weight excluding hydrogens is 1090 g/mol. The number of methoxy groups -OCH3 is 3. The highest BCUT2D eigenvalue weighted by atomic mass is 35.5. The van der Waals surface area contributed by atoms with Crippen molar-refractivity contribution in [3.8, 4) is 34.5 Å². The fraction of sp³-hybridized carbons (Fsp3) is 0.603. The minimum absolute atomic E-state index is 0.00327. The molecule has 11 unspecified atom stereocenters. The number of carbonyl (C=O) groups is 1. The summed E-state index contributed by atoms with van der Waals surface area (Å²) < 4.78 is 57.3. The highest BCUT2D eigenvalue weighted by Crippen LogP contribution is 2.59. The zero-order chi connectivity index (χ0) is 57.6. The Morgan fingerprint density at radius 2 is 1.24 bits per heavy atom. The van der Waals surface area contributed by atoms with Crippen LogP contribution in [-0.4, -0.2) is 176 Å². The Morgan fingerprint density at radius 3 is 1.84 bits per heavy atom. The summed E-state index contributed by atoms with van der Waals surface area (Å²) in [5.41, 5.74) is 5.76. The first-order valence-corrected chi connectivity index (χ1v) is 30.0. The molecule has 3 spiro atoms. The van der Waals surface area contributed by atoms with E-state index in [2.05, 4.69) is 67.0 Å². The molecular formula is C63H78ClN3O16. The monoisotopic (exact) mass is 1170 g/mol. The molecule has 83 heavy (non-hydrogen) atoms. The molecule has 3 fully saturated rings. The summed E-state index contributed by atoms with van der Waals surface area (Å²) in [5.74, 6) is 6.04. The van der Waals surface area contributed by atoms with Crippen molar-refractivity contribution in [1.82, 2.24) is 14.7 Å². The van der Waals surface area contributed by atoms with E-state index in [9.17, 15) is 20.1 Å². The Bertz CT molecular complexity index is 3040. The number of ether oxygens (including phenoxy) is 10. The minimum atomic E-state index is -1.88. The maximum atomic E-state index is 12.2. The SMILES string of the molecule is COC1=CC(O)C2c3cc4c(cc3CCN3CCCC123)OCO4.COC1=CC23CCCN2CCc2cc4c(cc2C3C1Cl)OCO4.COOC(=O)CC(O)(CC(C)C)C(O)OC1C(OC)C=C2c3cc4c(cc3CCN3CCCC213)OCO4. The van der Waals surface area contributed by atoms with Crippen LogP contribution in [0.2, 0.25) is 0 Å². The van der Waals surface area contributed by atoms with E-state index >= 15 is 0 Å². The van der Waals surface area contributed by atoms with Crippen molar-refractivity contribution in [3.63, 3.8) is 0 Å². The van der Waals surface area contributed by atoms with Crippen LogP contribution in [0.1, 0.15) is 110 Å². The lowest BCUT2D eigenvalue weighted by molar-refractivity contribution is -0.279. The molecule has 0 amide bonds. The molecule has 3 saturated heterocycles. The van der Waals surface area contributed by atoms with Gasteiger partial charge in [-0.1, -0.05) is 13.8 Å². The van der Waals surface area contributed by atoms with Gasteiger partial charge in [0.15, 0.2) is 40.8 Å². The summed E-state index contributed by atoms with van der Waals surface area (Å²) in [4.78, 5) is 28.8. The second-order valence-corrected chi connectivity index (χ2v) is 25.0. The molecule has 20 heteroatoms. The molecule has 12 aliphatic rings. The number of alkyl halides is 1. The Balaban J connectivity index is 0.000000122. The summed E-state index contributed by atoms with van der Waals surface area (Å²) in [5, 5.41) is 33.5. The Kier molecular flexibility index (Phi) is 15.2. The molecule has 9 heterocycles. The first kappa shape index (κ1) is 56.8. The van der Waals surface area contributed by atoms with Gasteiger partial charge in [0.2, 0.25) is 20.4 Å². The number of hydrogen-bond donors (Lipinski definition) is 3. The van der Waals surface area contributed by atoms with E-state index in [-0.39, 0.29) is 54.2 Å². The number of benzene rings is 3. The quantitative estimate of drug-likeness (QED) is 0.0765. The molecule has 3 aliphatic carbocycles. The molecule has 3 aromatic carbocycles. The molecule has 0 radical (unpaired) electrons. The van der Waals surface area contributed by atoms with Crippen molar-refractivity contribution in [2.45, 2.75) is 149 Å². The van der Waals surface area contributed by atoms with Crippen LogP contribution >= 0.6 is 11.6 Å². The van der Waals surface area contributed by atoms with Gasteiger partial charge >= 0.3 is 5.97 Å². The predicted octanol–water partition coefficient (Wildman–Crippen LogP) is 7.03. The minimum Gasteiger partial charge on any atom is -0.500 e. The van der Waals surface area contributed by atoms with Gasteiger partial charge in [0.25, 0.3) is 0 Å². The Hall–Kier alpha value is -5.32. The second-order valence-electron chi connectivity index (χ2n) is 24.6. The maximum absolute atomic E-state index is 12.2. The molecule has 0 saturated carbocycles. The van der Waals surface area contributed by atoms with Gasteiger partial charge in [0.05, 0.1) is 55.8 Å². The first-order valence-electron chi connectivity index (χ1n) is 29.6. The molecule has 3 aromatic rings. The normalized spacial score (nSPS) is 31.9. The van der Waals surface area contributed by atoms with Crippen LogP contribution in [0, 0.1) is 5.92 Å². The van der Waals surface area contributed by atoms with Crippen LogP contribution in [-0.2, 0) is 52.8 Å². The zero-order valence-electron chi connectivity index (χ0n) is 48.3. The molecule has 11 atom stereocenters. The average Bonchev–Trinajstić information content (AvgIpc) is 3.75. The topological polar surface area (TPSA) is 198 Å². The van der Waals surface area contributed by atoms with Crippen molar-refractivity contribution >= 4 is 23.1 Å². The van der Waals surface area contributed by atoms with E-state index < -0.39 is 48.1 Å². The standard InChI is InChI=1S/C27H37NO9.C18H20ClNO3.C18H21NO4/c1-16(2)13-26(31,14-23(29)37-33-4)25(30)36-24-22(32-3)12-19-18-11-21-20(34-15-35-21)10-17(18)6-9-28-8-5-7-27(19,24)28;1-21-15-9-18-4-2-5-20(18)6-3-11-7-13-14(23-10-22-13)8-12(11)16(18)17(15)19;1-21-16-9-13(20)17-12-8-15-14(22-10-23-15)7-11(12)3-6-19-5-2-4-18(16,17)19/h10-12,16,22,24-25,30-31H,5-9,13-15H2,1-4H3;7-9,16-17H,2-6,10H2,1H3;7-9,13,17,20H,2-6,10H2,1H3. The first-order chi connectivity index (χ1) is 40.2. The van der Waals surface area contributed by atoms with E-state index in [1.54, 1.807) is 21.3 Å². The average molecular weight is 1170 g/mol. The number of halogens is 1. The van der Waals surface area contributed by atoms with Gasteiger partial charge < -0.3 is 62.7 Å². The number of rotatable bonds is 11. The number of nitrogens with zero attached hydrogens (tertiary/aromatic N) is 3. The smallest absolute Gasteiger partial charge is 0.345 e. The number of aliphatic hydroxyl groups is 3. The third kappa shape index (κ3) is 9.28. The third-order valence-electron chi connectivity index (χ3n) is 20.0. The van der Waals surface area contributed by atoms with Crippen molar-refractivity contribution in [2.75, 3.05) is 88.1 Å². The number of hydrogen-bond acceptors (Lipinski definition) is 19. The number of fused-ring (bicyclic) bond motifs is 9. The van der Waals surface area contributed by atoms with Gasteiger partial charge in [-0.25, -0.2) is 4.79 Å². The van der Waals surface area contributed by atoms with Gasteiger partial charge in [0.1, 0.15) is 29.3 Å². The van der Waals surface area contributed by atoms with E-state index in [1.807, 2.05) is 26.0 Å². The summed E-state index contributed by atoms with van der Waals surface area (Å²) in [6, 6.07) is 12.6. The second kappa shape index (κ2) is 22.2. The van der Waals surface area contributed by atoms with Crippen LogP contribution in [0.5, 0.6) is 34.5 Å². The third-order valence-corrected chi connectivity index (χ3v) is 20.5. The number of carbonyl (C=O) groups excluding carboxylic acids is 1. The van der Waals surface area contributed by atoms with Crippen molar-refractivity contribution < 1.29 is 77.3 Å². The largest absolute Gasteiger partial charge is 0.500 e. The Morgan fingerprint density at radius 1 is 0.699 bits per heavy atom. The fourth-order valence-corrected chi connectivity index (χ4v) is 17.2. The molecule has 9 aliphatic heterocycles. The highest BCUT2D eigenvalue weighted by Gasteiger charge is 2.62.